The van der Waals surface area contributed by atoms with Gasteiger partial charge in [-0.1, -0.05) is 12.1 Å². The first-order valence-corrected chi connectivity index (χ1v) is 8.67. The number of carboxylic acid groups (broad SMARTS) is 1. The minimum atomic E-state index is -0.802. The lowest BCUT2D eigenvalue weighted by atomic mass is 9.99. The Morgan fingerprint density at radius 1 is 1.13 bits per heavy atom. The number of carboxylic acids is 1. The van der Waals surface area contributed by atoms with Gasteiger partial charge in [0.2, 0.25) is 0 Å². The van der Waals surface area contributed by atoms with Crippen LogP contribution in [-0.4, -0.2) is 17.0 Å². The Morgan fingerprint density at radius 3 is 2.57 bits per heavy atom. The Bertz CT molecular complexity index is 695. The van der Waals surface area contributed by atoms with Crippen molar-refractivity contribution in [2.24, 2.45) is 0 Å². The second-order valence-corrected chi connectivity index (χ2v) is 6.95. The maximum absolute atomic E-state index is 12.4. The van der Waals surface area contributed by atoms with Gasteiger partial charge >= 0.3 is 5.97 Å². The quantitative estimate of drug-likeness (QED) is 0.874. The number of benzene rings is 1. The number of amides is 1. The third-order valence-electron chi connectivity index (χ3n) is 4.06. The SMILES string of the molecule is O=C(O)CCc1ccc(NC(=O)c2cc3c(s2)CCCC3)cc1. The smallest absolute Gasteiger partial charge is 0.303 e. The molecule has 0 radical (unpaired) electrons. The van der Waals surface area contributed by atoms with Crippen molar-refractivity contribution in [3.63, 3.8) is 0 Å². The predicted molar refractivity (Wildman–Crippen MR) is 91.3 cm³/mol. The molecule has 1 aromatic carbocycles. The number of nitrogens with one attached hydrogen (secondary N) is 1. The molecule has 5 heteroatoms. The molecule has 1 aromatic heterocycles. The first kappa shape index (κ1) is 15.7. The van der Waals surface area contributed by atoms with E-state index < -0.39 is 5.97 Å². The van der Waals surface area contributed by atoms with Gasteiger partial charge in [0.25, 0.3) is 5.91 Å². The van der Waals surface area contributed by atoms with Crippen molar-refractivity contribution in [1.82, 2.24) is 0 Å². The molecule has 0 unspecified atom stereocenters. The van der Waals surface area contributed by atoms with Crippen molar-refractivity contribution < 1.29 is 14.7 Å². The predicted octanol–water partition coefficient (Wildman–Crippen LogP) is 3.90. The fraction of sp³-hybridized carbons (Fsp3) is 0.333. The van der Waals surface area contributed by atoms with E-state index in [1.165, 1.54) is 23.3 Å². The van der Waals surface area contributed by atoms with Crippen LogP contribution in [0.15, 0.2) is 30.3 Å². The summed E-state index contributed by atoms with van der Waals surface area (Å²) in [5.74, 6) is -0.869. The molecular formula is C18H19NO3S. The van der Waals surface area contributed by atoms with Crippen molar-refractivity contribution >= 4 is 28.9 Å². The molecule has 23 heavy (non-hydrogen) atoms. The Kier molecular flexibility index (Phi) is 4.76. The van der Waals surface area contributed by atoms with Crippen LogP contribution in [0.4, 0.5) is 5.69 Å². The van der Waals surface area contributed by atoms with Crippen molar-refractivity contribution in [3.05, 3.63) is 51.2 Å². The van der Waals surface area contributed by atoms with Gasteiger partial charge in [-0.25, -0.2) is 0 Å². The number of hydrogen-bond donors (Lipinski definition) is 2. The molecule has 0 bridgehead atoms. The summed E-state index contributed by atoms with van der Waals surface area (Å²) in [6, 6.07) is 9.39. The molecular weight excluding hydrogens is 310 g/mol. The van der Waals surface area contributed by atoms with Crippen LogP contribution in [0.25, 0.3) is 0 Å². The van der Waals surface area contributed by atoms with Crippen LogP contribution in [0.5, 0.6) is 0 Å². The number of hydrogen-bond acceptors (Lipinski definition) is 3. The van der Waals surface area contributed by atoms with Crippen LogP contribution in [0, 0.1) is 0 Å². The minimum Gasteiger partial charge on any atom is -0.481 e. The average Bonchev–Trinajstić information content (AvgIpc) is 2.98. The monoisotopic (exact) mass is 329 g/mol. The summed E-state index contributed by atoms with van der Waals surface area (Å²) in [6.07, 6.45) is 5.21. The first-order chi connectivity index (χ1) is 11.1. The summed E-state index contributed by atoms with van der Waals surface area (Å²) in [5.41, 5.74) is 3.02. The molecule has 3 rings (SSSR count). The summed E-state index contributed by atoms with van der Waals surface area (Å²) < 4.78 is 0. The second-order valence-electron chi connectivity index (χ2n) is 5.81. The molecule has 2 N–H and O–H groups in total. The topological polar surface area (TPSA) is 66.4 Å². The molecule has 0 spiro atoms. The highest BCUT2D eigenvalue weighted by molar-refractivity contribution is 7.14. The number of fused-ring (bicyclic) bond motifs is 1. The molecule has 1 heterocycles. The number of thiophene rings is 1. The maximum Gasteiger partial charge on any atom is 0.303 e. The van der Waals surface area contributed by atoms with Crippen LogP contribution >= 0.6 is 11.3 Å². The second kappa shape index (κ2) is 6.96. The fourth-order valence-electron chi connectivity index (χ4n) is 2.80. The highest BCUT2D eigenvalue weighted by Gasteiger charge is 2.17. The number of aryl methyl sites for hydroxylation is 3. The Hall–Kier alpha value is -2.14. The van der Waals surface area contributed by atoms with Crippen LogP contribution in [0.1, 0.15) is 44.9 Å². The highest BCUT2D eigenvalue weighted by Crippen LogP contribution is 2.30. The Morgan fingerprint density at radius 2 is 1.87 bits per heavy atom. The van der Waals surface area contributed by atoms with E-state index in [0.29, 0.717) is 6.42 Å². The van der Waals surface area contributed by atoms with Gasteiger partial charge in [-0.2, -0.15) is 0 Å². The zero-order valence-electron chi connectivity index (χ0n) is 12.8. The van der Waals surface area contributed by atoms with E-state index in [-0.39, 0.29) is 12.3 Å². The van der Waals surface area contributed by atoms with Gasteiger partial charge in [0.15, 0.2) is 0 Å². The number of aliphatic carboxylic acids is 1. The third kappa shape index (κ3) is 3.99. The van der Waals surface area contributed by atoms with Crippen LogP contribution < -0.4 is 5.32 Å². The molecule has 0 fully saturated rings. The van der Waals surface area contributed by atoms with Crippen LogP contribution in [0.2, 0.25) is 0 Å². The summed E-state index contributed by atoms with van der Waals surface area (Å²) in [6.45, 7) is 0. The van der Waals surface area contributed by atoms with Crippen molar-refractivity contribution in [3.8, 4) is 0 Å². The number of carbonyl (C=O) groups excluding carboxylic acids is 1. The summed E-state index contributed by atoms with van der Waals surface area (Å²) in [5, 5.41) is 11.6. The lowest BCUT2D eigenvalue weighted by Gasteiger charge is -2.08. The van der Waals surface area contributed by atoms with Crippen molar-refractivity contribution in [1.29, 1.82) is 0 Å². The molecule has 1 aliphatic carbocycles. The van der Waals surface area contributed by atoms with E-state index in [1.54, 1.807) is 11.3 Å². The van der Waals surface area contributed by atoms with Gasteiger partial charge < -0.3 is 10.4 Å². The number of carbonyl (C=O) groups is 2. The maximum atomic E-state index is 12.4. The van der Waals surface area contributed by atoms with E-state index in [4.69, 9.17) is 5.11 Å². The highest BCUT2D eigenvalue weighted by atomic mass is 32.1. The molecule has 0 saturated carbocycles. The third-order valence-corrected chi connectivity index (χ3v) is 5.30. The largest absolute Gasteiger partial charge is 0.481 e. The van der Waals surface area contributed by atoms with E-state index in [9.17, 15) is 9.59 Å². The average molecular weight is 329 g/mol. The zero-order chi connectivity index (χ0) is 16.2. The molecule has 1 aliphatic rings. The molecule has 1 amide bonds. The molecule has 0 saturated heterocycles. The van der Waals surface area contributed by atoms with Gasteiger partial charge in [-0.15, -0.1) is 11.3 Å². The number of rotatable bonds is 5. The van der Waals surface area contributed by atoms with Gasteiger partial charge in [0.1, 0.15) is 0 Å². The first-order valence-electron chi connectivity index (χ1n) is 7.85. The summed E-state index contributed by atoms with van der Waals surface area (Å²) >= 11 is 1.60. The summed E-state index contributed by atoms with van der Waals surface area (Å²) in [7, 11) is 0. The number of anilines is 1. The molecule has 0 atom stereocenters. The zero-order valence-corrected chi connectivity index (χ0v) is 13.6. The minimum absolute atomic E-state index is 0.0670. The normalized spacial score (nSPS) is 13.4. The molecule has 120 valence electrons. The van der Waals surface area contributed by atoms with Gasteiger partial charge in [0.05, 0.1) is 4.88 Å². The van der Waals surface area contributed by atoms with E-state index in [2.05, 4.69) is 5.32 Å². The van der Waals surface area contributed by atoms with Crippen LogP contribution in [-0.2, 0) is 24.1 Å². The van der Waals surface area contributed by atoms with Crippen molar-refractivity contribution in [2.45, 2.75) is 38.5 Å². The Balaban J connectivity index is 1.63. The molecule has 4 nitrogen and oxygen atoms in total. The van der Waals surface area contributed by atoms with E-state index in [1.807, 2.05) is 30.3 Å². The van der Waals surface area contributed by atoms with E-state index in [0.717, 1.165) is 29.0 Å². The van der Waals surface area contributed by atoms with Gasteiger partial charge in [-0.3, -0.25) is 9.59 Å². The van der Waals surface area contributed by atoms with Crippen LogP contribution in [0.3, 0.4) is 0 Å². The van der Waals surface area contributed by atoms with Gasteiger partial charge in [0, 0.05) is 17.0 Å². The summed E-state index contributed by atoms with van der Waals surface area (Å²) in [4.78, 5) is 25.0. The van der Waals surface area contributed by atoms with Crippen molar-refractivity contribution in [2.75, 3.05) is 5.32 Å². The lowest BCUT2D eigenvalue weighted by molar-refractivity contribution is -0.136. The molecule has 0 aliphatic heterocycles. The van der Waals surface area contributed by atoms with E-state index >= 15 is 0 Å². The van der Waals surface area contributed by atoms with Gasteiger partial charge in [-0.05, 0) is 61.4 Å². The standard InChI is InChI=1S/C18H19NO3S/c20-17(21)10-7-12-5-8-14(9-6-12)19-18(22)16-11-13-3-1-2-4-15(13)23-16/h5-6,8-9,11H,1-4,7,10H2,(H,19,22)(H,20,21). The molecule has 2 aromatic rings. The Labute approximate surface area is 139 Å². The fourth-order valence-corrected chi connectivity index (χ4v) is 3.95. The lowest BCUT2D eigenvalue weighted by Crippen LogP contribution is -2.10.